The van der Waals surface area contributed by atoms with Crippen molar-refractivity contribution >= 4 is 11.9 Å². The lowest BCUT2D eigenvalue weighted by molar-refractivity contribution is -0.145. The zero-order chi connectivity index (χ0) is 12.1. The van der Waals surface area contributed by atoms with Crippen molar-refractivity contribution in [1.29, 1.82) is 0 Å². The Bertz CT molecular complexity index is 265. The Hall–Kier alpha value is -1.06. The van der Waals surface area contributed by atoms with Gasteiger partial charge in [0.1, 0.15) is 0 Å². The third-order valence-electron chi connectivity index (χ3n) is 3.34. The van der Waals surface area contributed by atoms with Crippen molar-refractivity contribution < 1.29 is 14.7 Å². The number of hydrogen-bond donors (Lipinski definition) is 1. The highest BCUT2D eigenvalue weighted by atomic mass is 16.4. The standard InChI is InChI=1S/C12H21NO3/c1-3-9(2)7-11(14)13-6-4-5-10(8-13)12(15)16/h9-10H,3-8H2,1-2H3,(H,15,16)/t9-,10+/m0/s1. The van der Waals surface area contributed by atoms with Crippen LogP contribution in [0, 0.1) is 11.8 Å². The minimum Gasteiger partial charge on any atom is -0.481 e. The van der Waals surface area contributed by atoms with Crippen LogP contribution in [0.15, 0.2) is 0 Å². The molecule has 1 amide bonds. The average Bonchev–Trinajstić information content (AvgIpc) is 2.28. The maximum Gasteiger partial charge on any atom is 0.308 e. The summed E-state index contributed by atoms with van der Waals surface area (Å²) in [4.78, 5) is 24.4. The molecule has 0 spiro atoms. The van der Waals surface area contributed by atoms with Crippen LogP contribution in [-0.2, 0) is 9.59 Å². The van der Waals surface area contributed by atoms with Gasteiger partial charge in [0, 0.05) is 19.5 Å². The summed E-state index contributed by atoms with van der Waals surface area (Å²) in [6, 6.07) is 0. The van der Waals surface area contributed by atoms with Crippen LogP contribution < -0.4 is 0 Å². The van der Waals surface area contributed by atoms with Crippen LogP contribution >= 0.6 is 0 Å². The van der Waals surface area contributed by atoms with Crippen LogP contribution in [0.5, 0.6) is 0 Å². The number of carbonyl (C=O) groups excluding carboxylic acids is 1. The van der Waals surface area contributed by atoms with Gasteiger partial charge in [0.2, 0.25) is 5.91 Å². The number of nitrogens with zero attached hydrogens (tertiary/aromatic N) is 1. The predicted molar refractivity (Wildman–Crippen MR) is 61.0 cm³/mol. The van der Waals surface area contributed by atoms with Gasteiger partial charge in [0.15, 0.2) is 0 Å². The molecule has 0 aliphatic carbocycles. The summed E-state index contributed by atoms with van der Waals surface area (Å²) in [6.07, 6.45) is 3.04. The topological polar surface area (TPSA) is 57.6 Å². The Balaban J connectivity index is 2.47. The van der Waals surface area contributed by atoms with E-state index in [9.17, 15) is 9.59 Å². The van der Waals surface area contributed by atoms with E-state index in [1.54, 1.807) is 4.90 Å². The van der Waals surface area contributed by atoms with E-state index in [1.807, 2.05) is 0 Å². The van der Waals surface area contributed by atoms with Crippen LogP contribution in [0.25, 0.3) is 0 Å². The number of piperidine rings is 1. The molecule has 0 saturated carbocycles. The molecule has 0 aromatic heterocycles. The molecular formula is C12H21NO3. The van der Waals surface area contributed by atoms with Crippen LogP contribution in [0.1, 0.15) is 39.5 Å². The van der Waals surface area contributed by atoms with Crippen molar-refractivity contribution in [3.63, 3.8) is 0 Å². The van der Waals surface area contributed by atoms with Crippen LogP contribution in [0.3, 0.4) is 0 Å². The van der Waals surface area contributed by atoms with Gasteiger partial charge in [0.05, 0.1) is 5.92 Å². The maximum atomic E-state index is 11.9. The van der Waals surface area contributed by atoms with E-state index in [2.05, 4.69) is 13.8 Å². The van der Waals surface area contributed by atoms with Gasteiger partial charge >= 0.3 is 5.97 Å². The number of aliphatic carboxylic acids is 1. The van der Waals surface area contributed by atoms with E-state index in [0.717, 1.165) is 19.4 Å². The third-order valence-corrected chi connectivity index (χ3v) is 3.34. The van der Waals surface area contributed by atoms with E-state index in [-0.39, 0.29) is 11.8 Å². The Morgan fingerprint density at radius 2 is 2.19 bits per heavy atom. The lowest BCUT2D eigenvalue weighted by atomic mass is 9.97. The fourth-order valence-electron chi connectivity index (χ4n) is 1.98. The second kappa shape index (κ2) is 5.87. The molecule has 1 aliphatic rings. The van der Waals surface area contributed by atoms with E-state index in [1.165, 1.54) is 0 Å². The molecule has 1 saturated heterocycles. The molecule has 0 aromatic carbocycles. The molecular weight excluding hydrogens is 206 g/mol. The molecule has 2 atom stereocenters. The SMILES string of the molecule is CC[C@H](C)CC(=O)N1CCC[C@@H](C(=O)O)C1. The van der Waals surface area contributed by atoms with Gasteiger partial charge in [0.25, 0.3) is 0 Å². The normalized spacial score (nSPS) is 22.9. The van der Waals surface area contributed by atoms with Crippen LogP contribution in [0.2, 0.25) is 0 Å². The second-order valence-electron chi connectivity index (χ2n) is 4.73. The van der Waals surface area contributed by atoms with Crippen molar-refractivity contribution in [2.75, 3.05) is 13.1 Å². The van der Waals surface area contributed by atoms with Gasteiger partial charge in [-0.2, -0.15) is 0 Å². The van der Waals surface area contributed by atoms with Gasteiger partial charge in [-0.15, -0.1) is 0 Å². The highest BCUT2D eigenvalue weighted by Crippen LogP contribution is 2.19. The summed E-state index contributed by atoms with van der Waals surface area (Å²) in [6.45, 7) is 5.23. The van der Waals surface area contributed by atoms with Crippen LogP contribution in [0.4, 0.5) is 0 Å². The molecule has 4 heteroatoms. The Kier molecular flexibility index (Phi) is 4.77. The smallest absolute Gasteiger partial charge is 0.308 e. The highest BCUT2D eigenvalue weighted by Gasteiger charge is 2.28. The van der Waals surface area contributed by atoms with Crippen molar-refractivity contribution in [3.8, 4) is 0 Å². The van der Waals surface area contributed by atoms with Crippen molar-refractivity contribution in [2.45, 2.75) is 39.5 Å². The van der Waals surface area contributed by atoms with Gasteiger partial charge in [-0.3, -0.25) is 9.59 Å². The fraction of sp³-hybridized carbons (Fsp3) is 0.833. The summed E-state index contributed by atoms with van der Waals surface area (Å²) in [5, 5.41) is 8.93. The molecule has 1 heterocycles. The summed E-state index contributed by atoms with van der Waals surface area (Å²) in [7, 11) is 0. The van der Waals surface area contributed by atoms with Gasteiger partial charge < -0.3 is 10.0 Å². The second-order valence-corrected chi connectivity index (χ2v) is 4.73. The van der Waals surface area contributed by atoms with Crippen LogP contribution in [-0.4, -0.2) is 35.0 Å². The van der Waals surface area contributed by atoms with E-state index in [4.69, 9.17) is 5.11 Å². The van der Waals surface area contributed by atoms with E-state index >= 15 is 0 Å². The lowest BCUT2D eigenvalue weighted by Crippen LogP contribution is -2.42. The molecule has 4 nitrogen and oxygen atoms in total. The summed E-state index contributed by atoms with van der Waals surface area (Å²) >= 11 is 0. The van der Waals surface area contributed by atoms with E-state index < -0.39 is 5.97 Å². The first-order valence-electron chi connectivity index (χ1n) is 6.05. The van der Waals surface area contributed by atoms with Crippen molar-refractivity contribution in [3.05, 3.63) is 0 Å². The number of hydrogen-bond acceptors (Lipinski definition) is 2. The number of likely N-dealkylation sites (tertiary alicyclic amines) is 1. The quantitative estimate of drug-likeness (QED) is 0.796. The zero-order valence-electron chi connectivity index (χ0n) is 10.1. The monoisotopic (exact) mass is 227 g/mol. The number of carboxylic acid groups (broad SMARTS) is 1. The number of carbonyl (C=O) groups is 2. The number of rotatable bonds is 4. The van der Waals surface area contributed by atoms with Gasteiger partial charge in [-0.25, -0.2) is 0 Å². The molecule has 92 valence electrons. The average molecular weight is 227 g/mol. The van der Waals surface area contributed by atoms with E-state index in [0.29, 0.717) is 25.3 Å². The first kappa shape index (κ1) is 13.0. The summed E-state index contributed by atoms with van der Waals surface area (Å²) in [5.41, 5.74) is 0. The third kappa shape index (κ3) is 3.51. The van der Waals surface area contributed by atoms with Gasteiger partial charge in [-0.05, 0) is 18.8 Å². The molecule has 1 fully saturated rings. The molecule has 0 aromatic rings. The predicted octanol–water partition coefficient (Wildman–Crippen LogP) is 1.75. The first-order chi connectivity index (χ1) is 7.54. The molecule has 0 unspecified atom stereocenters. The molecule has 1 aliphatic heterocycles. The molecule has 16 heavy (non-hydrogen) atoms. The van der Waals surface area contributed by atoms with Crippen molar-refractivity contribution in [2.24, 2.45) is 11.8 Å². The van der Waals surface area contributed by atoms with Gasteiger partial charge in [-0.1, -0.05) is 20.3 Å². The maximum absolute atomic E-state index is 11.9. The Labute approximate surface area is 96.6 Å². The zero-order valence-corrected chi connectivity index (χ0v) is 10.1. The number of carboxylic acids is 1. The molecule has 0 bridgehead atoms. The largest absolute Gasteiger partial charge is 0.481 e. The molecule has 1 N–H and O–H groups in total. The first-order valence-corrected chi connectivity index (χ1v) is 6.05. The minimum atomic E-state index is -0.777. The number of amides is 1. The molecule has 0 radical (unpaired) electrons. The highest BCUT2D eigenvalue weighted by molar-refractivity contribution is 5.78. The lowest BCUT2D eigenvalue weighted by Gasteiger charge is -2.31. The van der Waals surface area contributed by atoms with Crippen molar-refractivity contribution in [1.82, 2.24) is 4.90 Å². The molecule has 1 rings (SSSR count). The minimum absolute atomic E-state index is 0.111. The summed E-state index contributed by atoms with van der Waals surface area (Å²) in [5.74, 6) is -0.645. The Morgan fingerprint density at radius 1 is 1.50 bits per heavy atom. The summed E-state index contributed by atoms with van der Waals surface area (Å²) < 4.78 is 0. The fourth-order valence-corrected chi connectivity index (χ4v) is 1.98. The Morgan fingerprint density at radius 3 is 2.75 bits per heavy atom.